The van der Waals surface area contributed by atoms with Crippen LogP contribution in [0.3, 0.4) is 0 Å². The third-order valence-corrected chi connectivity index (χ3v) is 2.43. The highest BCUT2D eigenvalue weighted by Crippen LogP contribution is 2.35. The zero-order chi connectivity index (χ0) is 9.28. The van der Waals surface area contributed by atoms with E-state index in [9.17, 15) is 9.59 Å². The van der Waals surface area contributed by atoms with Gasteiger partial charge in [-0.15, -0.1) is 0 Å². The summed E-state index contributed by atoms with van der Waals surface area (Å²) in [6.07, 6.45) is 1.81. The Labute approximate surface area is 67.0 Å². The monoisotopic (exact) mass is 156 g/mol. The minimum absolute atomic E-state index is 0.481. The summed E-state index contributed by atoms with van der Waals surface area (Å²) >= 11 is 0. The molecule has 0 unspecified atom stereocenters. The van der Waals surface area contributed by atoms with E-state index in [2.05, 4.69) is 0 Å². The van der Waals surface area contributed by atoms with Crippen molar-refractivity contribution in [3.05, 3.63) is 0 Å². The van der Waals surface area contributed by atoms with Crippen molar-refractivity contribution in [2.24, 2.45) is 16.6 Å². The molecule has 63 valence electrons. The zero-order valence-corrected chi connectivity index (χ0v) is 7.39. The quantitative estimate of drug-likeness (QED) is 0.651. The molecule has 0 bridgehead atoms. The highest BCUT2D eigenvalue weighted by atomic mass is 16.1. The van der Waals surface area contributed by atoms with E-state index in [1.807, 2.05) is 6.29 Å². The predicted octanol–water partition coefficient (Wildman–Crippen LogP) is 0.634. The third-order valence-electron chi connectivity index (χ3n) is 2.43. The van der Waals surface area contributed by atoms with Crippen LogP contribution in [0.15, 0.2) is 0 Å². The van der Waals surface area contributed by atoms with Crippen molar-refractivity contribution in [1.29, 1.82) is 0 Å². The fraction of sp³-hybridized carbons (Fsp3) is 0.750. The topological polar surface area (TPSA) is 60.2 Å². The summed E-state index contributed by atoms with van der Waals surface area (Å²) in [5.41, 5.74) is 3.45. The lowest BCUT2D eigenvalue weighted by Crippen LogP contribution is -2.44. The van der Waals surface area contributed by atoms with Gasteiger partial charge in [-0.2, -0.15) is 0 Å². The van der Waals surface area contributed by atoms with E-state index in [4.69, 9.17) is 5.73 Å². The van der Waals surface area contributed by atoms with Crippen LogP contribution in [0.25, 0.3) is 0 Å². The maximum atomic E-state index is 10.9. The van der Waals surface area contributed by atoms with Gasteiger partial charge >= 0.3 is 0 Å². The van der Waals surface area contributed by atoms with Gasteiger partial charge in [0, 0.05) is 5.41 Å². The first-order valence-electron chi connectivity index (χ1n) is 3.45. The predicted molar refractivity (Wildman–Crippen MR) is 42.4 cm³/mol. The van der Waals surface area contributed by atoms with Crippen LogP contribution in [0.4, 0.5) is 0 Å². The minimum Gasteiger partial charge on any atom is -0.369 e. The molecule has 0 rings (SSSR count). The van der Waals surface area contributed by atoms with E-state index in [1.165, 1.54) is 0 Å². The zero-order valence-electron chi connectivity index (χ0n) is 7.39. The van der Waals surface area contributed by atoms with Crippen LogP contribution in [-0.2, 0) is 9.59 Å². The molecule has 0 aromatic heterocycles. The molecule has 3 heteroatoms. The second-order valence-corrected chi connectivity index (χ2v) is 3.72. The lowest BCUT2D eigenvalue weighted by Gasteiger charge is -2.33. The molecular formula is C8H14NO2. The maximum Gasteiger partial charge on any atom is 0.224 e. The molecule has 0 aliphatic rings. The van der Waals surface area contributed by atoms with Crippen LogP contribution in [0.5, 0.6) is 0 Å². The van der Waals surface area contributed by atoms with Crippen molar-refractivity contribution in [3.8, 4) is 0 Å². The van der Waals surface area contributed by atoms with Gasteiger partial charge in [0.15, 0.2) is 0 Å². The summed E-state index contributed by atoms with van der Waals surface area (Å²) < 4.78 is 0. The minimum atomic E-state index is -0.839. The second-order valence-electron chi connectivity index (χ2n) is 3.72. The lowest BCUT2D eigenvalue weighted by atomic mass is 9.68. The Hall–Kier alpha value is -0.860. The van der Waals surface area contributed by atoms with Crippen molar-refractivity contribution >= 4 is 12.2 Å². The Balaban J connectivity index is 4.81. The molecule has 3 nitrogen and oxygen atoms in total. The van der Waals surface area contributed by atoms with Gasteiger partial charge in [0.25, 0.3) is 0 Å². The molecule has 0 aromatic rings. The molecule has 2 N–H and O–H groups in total. The molecule has 0 atom stereocenters. The molecule has 0 fully saturated rings. The summed E-state index contributed by atoms with van der Waals surface area (Å²) in [6.45, 7) is 6.57. The van der Waals surface area contributed by atoms with E-state index in [0.717, 1.165) is 0 Å². The lowest BCUT2D eigenvalue weighted by molar-refractivity contribution is -0.129. The van der Waals surface area contributed by atoms with Crippen LogP contribution in [0, 0.1) is 10.8 Å². The van der Waals surface area contributed by atoms with Gasteiger partial charge in [-0.3, -0.25) is 9.59 Å². The maximum absolute atomic E-state index is 10.9. The highest BCUT2D eigenvalue weighted by molar-refractivity contribution is 5.85. The fourth-order valence-electron chi connectivity index (χ4n) is 0.436. The Morgan fingerprint density at radius 3 is 1.73 bits per heavy atom. The molecule has 11 heavy (non-hydrogen) atoms. The Bertz CT molecular complexity index is 183. The van der Waals surface area contributed by atoms with Crippen molar-refractivity contribution in [2.45, 2.75) is 27.7 Å². The highest BCUT2D eigenvalue weighted by Gasteiger charge is 2.42. The van der Waals surface area contributed by atoms with Crippen LogP contribution in [-0.4, -0.2) is 12.2 Å². The number of carbonyl (C=O) groups excluding carboxylic acids is 2. The number of amides is 1. The smallest absolute Gasteiger partial charge is 0.224 e. The summed E-state index contributed by atoms with van der Waals surface area (Å²) in [7, 11) is 0. The second kappa shape index (κ2) is 2.64. The van der Waals surface area contributed by atoms with Crippen LogP contribution < -0.4 is 5.73 Å². The van der Waals surface area contributed by atoms with Gasteiger partial charge in [0.1, 0.15) is 0 Å². The summed E-state index contributed by atoms with van der Waals surface area (Å²) in [5.74, 6) is -0.481. The number of rotatable bonds is 3. The summed E-state index contributed by atoms with van der Waals surface area (Å²) in [6, 6.07) is 0. The number of carbonyl (C=O) groups is 1. The normalized spacial score (nSPS) is 12.7. The van der Waals surface area contributed by atoms with Crippen molar-refractivity contribution in [3.63, 3.8) is 0 Å². The Morgan fingerprint density at radius 2 is 1.64 bits per heavy atom. The molecule has 0 heterocycles. The van der Waals surface area contributed by atoms with Crippen LogP contribution >= 0.6 is 0 Å². The van der Waals surface area contributed by atoms with Crippen molar-refractivity contribution in [1.82, 2.24) is 0 Å². The van der Waals surface area contributed by atoms with Crippen LogP contribution in [0.1, 0.15) is 27.7 Å². The molecule has 1 amide bonds. The fourth-order valence-corrected chi connectivity index (χ4v) is 0.436. The first-order valence-corrected chi connectivity index (χ1v) is 3.45. The van der Waals surface area contributed by atoms with E-state index in [-0.39, 0.29) is 0 Å². The van der Waals surface area contributed by atoms with Gasteiger partial charge in [-0.1, -0.05) is 27.7 Å². The molecule has 0 aliphatic carbocycles. The average Bonchev–Trinajstić information content (AvgIpc) is 1.87. The average molecular weight is 156 g/mol. The SMILES string of the molecule is CC(C)([C]=O)C(C)(C)C(N)=O. The largest absolute Gasteiger partial charge is 0.369 e. The van der Waals surface area contributed by atoms with E-state index >= 15 is 0 Å². The van der Waals surface area contributed by atoms with Gasteiger partial charge in [-0.05, 0) is 0 Å². The Morgan fingerprint density at radius 1 is 1.27 bits per heavy atom. The molecule has 0 aliphatic heterocycles. The molecule has 1 radical (unpaired) electrons. The van der Waals surface area contributed by atoms with Gasteiger partial charge in [0.2, 0.25) is 12.2 Å². The van der Waals surface area contributed by atoms with Gasteiger partial charge in [0.05, 0.1) is 5.41 Å². The van der Waals surface area contributed by atoms with Crippen LogP contribution in [0.2, 0.25) is 0 Å². The number of hydrogen-bond acceptors (Lipinski definition) is 2. The van der Waals surface area contributed by atoms with Gasteiger partial charge < -0.3 is 5.73 Å². The number of nitrogens with two attached hydrogens (primary N) is 1. The first kappa shape index (κ1) is 10.1. The molecule has 0 aromatic carbocycles. The molecule has 0 saturated carbocycles. The Kier molecular flexibility index (Phi) is 2.44. The summed E-state index contributed by atoms with van der Waals surface area (Å²) in [5, 5.41) is 0. The third kappa shape index (κ3) is 1.59. The van der Waals surface area contributed by atoms with E-state index in [0.29, 0.717) is 0 Å². The molecule has 0 spiro atoms. The van der Waals surface area contributed by atoms with E-state index < -0.39 is 16.7 Å². The molecular weight excluding hydrogens is 142 g/mol. The van der Waals surface area contributed by atoms with Crippen molar-refractivity contribution in [2.75, 3.05) is 0 Å². The van der Waals surface area contributed by atoms with E-state index in [1.54, 1.807) is 27.7 Å². The summed E-state index contributed by atoms with van der Waals surface area (Å²) in [4.78, 5) is 21.3. The number of primary amides is 1. The van der Waals surface area contributed by atoms with Crippen molar-refractivity contribution < 1.29 is 9.59 Å². The standard InChI is InChI=1S/C8H14NO2/c1-7(2,5-10)8(3,4)6(9)11/h1-4H3,(H2,9,11). The first-order chi connectivity index (χ1) is 4.75. The molecule has 0 saturated heterocycles. The van der Waals surface area contributed by atoms with Gasteiger partial charge in [-0.25, -0.2) is 0 Å². The number of hydrogen-bond donors (Lipinski definition) is 1.